The molecule has 0 aliphatic carbocycles. The van der Waals surface area contributed by atoms with Crippen molar-refractivity contribution in [3.05, 3.63) is 21.9 Å². The molecule has 21 heavy (non-hydrogen) atoms. The highest BCUT2D eigenvalue weighted by Crippen LogP contribution is 2.12. The molecule has 0 heterocycles. The van der Waals surface area contributed by atoms with Crippen LogP contribution < -0.4 is 0 Å². The summed E-state index contributed by atoms with van der Waals surface area (Å²) in [5.74, 6) is -1.46. The Morgan fingerprint density at radius 3 is 1.76 bits per heavy atom. The number of carboxylic acids is 1. The van der Waals surface area contributed by atoms with Crippen molar-refractivity contribution >= 4 is 5.97 Å². The third-order valence-electron chi connectivity index (χ3n) is 3.56. The lowest BCUT2D eigenvalue weighted by Gasteiger charge is -2.01. The van der Waals surface area contributed by atoms with Gasteiger partial charge in [0.25, 0.3) is 0 Å². The molecule has 0 aliphatic heterocycles. The largest absolute Gasteiger partial charge is 0.473 e. The van der Waals surface area contributed by atoms with E-state index in [1.54, 1.807) is 0 Å². The Labute approximate surface area is 127 Å². The smallest absolute Gasteiger partial charge is 0.407 e. The molecule has 0 aliphatic rings. The molecule has 122 valence electrons. The first-order valence-corrected chi connectivity index (χ1v) is 8.17. The molecule has 5 heteroatoms. The van der Waals surface area contributed by atoms with E-state index in [1.165, 1.54) is 57.4 Å². The summed E-state index contributed by atoms with van der Waals surface area (Å²) in [7, 11) is 0. The third kappa shape index (κ3) is 12.1. The van der Waals surface area contributed by atoms with Crippen LogP contribution in [-0.2, 0) is 4.79 Å². The first kappa shape index (κ1) is 19.6. The monoisotopic (exact) mass is 299 g/mol. The molecular formula is C16H29NO4. The van der Waals surface area contributed by atoms with Crippen molar-refractivity contribution in [2.45, 2.75) is 84.0 Å². The van der Waals surface area contributed by atoms with Crippen LogP contribution in [0.25, 0.3) is 0 Å². The van der Waals surface area contributed by atoms with Gasteiger partial charge >= 0.3 is 11.7 Å². The highest BCUT2D eigenvalue weighted by atomic mass is 16.6. The van der Waals surface area contributed by atoms with Crippen molar-refractivity contribution in [2.24, 2.45) is 0 Å². The maximum Gasteiger partial charge on any atom is 0.407 e. The molecule has 0 aromatic carbocycles. The molecule has 0 bridgehead atoms. The number of nitro groups is 1. The fourth-order valence-corrected chi connectivity index (χ4v) is 2.29. The molecule has 0 fully saturated rings. The lowest BCUT2D eigenvalue weighted by molar-refractivity contribution is -0.421. The highest BCUT2D eigenvalue weighted by Gasteiger charge is 2.19. The normalized spacial score (nSPS) is 11.6. The lowest BCUT2D eigenvalue weighted by atomic mass is 10.1. The predicted octanol–water partition coefficient (Wildman–Crippen LogP) is 4.93. The topological polar surface area (TPSA) is 80.4 Å². The van der Waals surface area contributed by atoms with Crippen LogP contribution in [0.4, 0.5) is 0 Å². The van der Waals surface area contributed by atoms with Crippen molar-refractivity contribution in [3.63, 3.8) is 0 Å². The van der Waals surface area contributed by atoms with Gasteiger partial charge in [-0.2, -0.15) is 0 Å². The minimum atomic E-state index is -1.46. The summed E-state index contributed by atoms with van der Waals surface area (Å²) < 4.78 is 0. The van der Waals surface area contributed by atoms with E-state index in [-0.39, 0.29) is 0 Å². The molecule has 0 saturated heterocycles. The Kier molecular flexibility index (Phi) is 12.7. The summed E-state index contributed by atoms with van der Waals surface area (Å²) in [5.41, 5.74) is -0.706. The van der Waals surface area contributed by atoms with E-state index in [9.17, 15) is 14.9 Å². The summed E-state index contributed by atoms with van der Waals surface area (Å²) >= 11 is 0. The summed E-state index contributed by atoms with van der Waals surface area (Å²) in [4.78, 5) is 20.2. The van der Waals surface area contributed by atoms with E-state index >= 15 is 0 Å². The molecule has 0 aromatic heterocycles. The van der Waals surface area contributed by atoms with Gasteiger partial charge in [-0.3, -0.25) is 10.1 Å². The Balaban J connectivity index is 3.42. The minimum Gasteiger partial charge on any atom is -0.473 e. The van der Waals surface area contributed by atoms with Crippen LogP contribution in [-0.4, -0.2) is 16.0 Å². The van der Waals surface area contributed by atoms with E-state index in [4.69, 9.17) is 5.11 Å². The zero-order valence-electron chi connectivity index (χ0n) is 13.2. The van der Waals surface area contributed by atoms with Gasteiger partial charge in [0.2, 0.25) is 0 Å². The van der Waals surface area contributed by atoms with Gasteiger partial charge in [-0.15, -0.1) is 0 Å². The third-order valence-corrected chi connectivity index (χ3v) is 3.56. The molecule has 0 spiro atoms. The highest BCUT2D eigenvalue weighted by molar-refractivity contribution is 5.83. The molecule has 0 rings (SSSR count). The van der Waals surface area contributed by atoms with Crippen molar-refractivity contribution in [3.8, 4) is 0 Å². The molecule has 0 amide bonds. The fourth-order valence-electron chi connectivity index (χ4n) is 2.29. The maximum atomic E-state index is 10.6. The molecule has 5 nitrogen and oxygen atoms in total. The van der Waals surface area contributed by atoms with Crippen LogP contribution in [0.5, 0.6) is 0 Å². The average molecular weight is 299 g/mol. The first-order valence-electron chi connectivity index (χ1n) is 8.17. The Bertz CT molecular complexity index is 310. The van der Waals surface area contributed by atoms with Gasteiger partial charge in [0.05, 0.1) is 4.92 Å². The summed E-state index contributed by atoms with van der Waals surface area (Å²) in [6.07, 6.45) is 15.1. The number of rotatable bonds is 14. The van der Waals surface area contributed by atoms with Gasteiger partial charge in [0.15, 0.2) is 0 Å². The number of carboxylic acid groups (broad SMARTS) is 1. The van der Waals surface area contributed by atoms with Crippen LogP contribution in [0.1, 0.15) is 84.0 Å². The summed E-state index contributed by atoms with van der Waals surface area (Å²) in [6.45, 7) is 2.22. The van der Waals surface area contributed by atoms with Crippen molar-refractivity contribution < 1.29 is 14.8 Å². The maximum absolute atomic E-state index is 10.6. The number of aliphatic carboxylic acids is 1. The van der Waals surface area contributed by atoms with E-state index in [0.717, 1.165) is 19.3 Å². The van der Waals surface area contributed by atoms with E-state index in [2.05, 4.69) is 6.92 Å². The van der Waals surface area contributed by atoms with Gasteiger partial charge in [0, 0.05) is 6.08 Å². The molecule has 0 atom stereocenters. The number of hydrogen-bond acceptors (Lipinski definition) is 3. The fraction of sp³-hybridized carbons (Fsp3) is 0.812. The quantitative estimate of drug-likeness (QED) is 0.213. The lowest BCUT2D eigenvalue weighted by Crippen LogP contribution is -2.09. The van der Waals surface area contributed by atoms with E-state index < -0.39 is 16.6 Å². The molecule has 1 N–H and O–H groups in total. The number of allylic oxidation sites excluding steroid dienone is 1. The summed E-state index contributed by atoms with van der Waals surface area (Å²) in [6, 6.07) is 0. The number of hydrogen-bond donors (Lipinski definition) is 1. The van der Waals surface area contributed by atoms with Crippen molar-refractivity contribution in [1.82, 2.24) is 0 Å². The van der Waals surface area contributed by atoms with Crippen LogP contribution >= 0.6 is 0 Å². The Morgan fingerprint density at radius 2 is 1.38 bits per heavy atom. The van der Waals surface area contributed by atoms with Gasteiger partial charge in [-0.1, -0.05) is 71.1 Å². The Hall–Kier alpha value is -1.39. The zero-order valence-corrected chi connectivity index (χ0v) is 13.2. The predicted molar refractivity (Wildman–Crippen MR) is 83.8 cm³/mol. The molecule has 0 unspecified atom stereocenters. The van der Waals surface area contributed by atoms with Gasteiger partial charge < -0.3 is 5.11 Å². The van der Waals surface area contributed by atoms with Crippen LogP contribution in [0.3, 0.4) is 0 Å². The Morgan fingerprint density at radius 1 is 0.952 bits per heavy atom. The zero-order chi connectivity index (χ0) is 15.9. The molecule has 0 aromatic rings. The average Bonchev–Trinajstić information content (AvgIpc) is 2.43. The van der Waals surface area contributed by atoms with Crippen LogP contribution in [0.2, 0.25) is 0 Å². The minimum absolute atomic E-state index is 0.472. The van der Waals surface area contributed by atoms with E-state index in [1.807, 2.05) is 0 Å². The van der Waals surface area contributed by atoms with Crippen molar-refractivity contribution in [1.29, 1.82) is 0 Å². The number of nitrogens with zero attached hydrogens (tertiary/aromatic N) is 1. The van der Waals surface area contributed by atoms with Crippen LogP contribution in [0.15, 0.2) is 11.8 Å². The first-order chi connectivity index (χ1) is 10.1. The molecule has 0 saturated carbocycles. The van der Waals surface area contributed by atoms with Gasteiger partial charge in [-0.05, 0) is 12.8 Å². The second kappa shape index (κ2) is 13.6. The second-order valence-electron chi connectivity index (χ2n) is 5.48. The van der Waals surface area contributed by atoms with Gasteiger partial charge in [0.1, 0.15) is 0 Å². The van der Waals surface area contributed by atoms with Gasteiger partial charge in [-0.25, -0.2) is 4.79 Å². The molecular weight excluding hydrogens is 270 g/mol. The second-order valence-corrected chi connectivity index (χ2v) is 5.48. The number of unbranched alkanes of at least 4 members (excludes halogenated alkanes) is 11. The molecule has 0 radical (unpaired) electrons. The van der Waals surface area contributed by atoms with Crippen LogP contribution in [0, 0.1) is 10.1 Å². The van der Waals surface area contributed by atoms with E-state index in [0.29, 0.717) is 6.42 Å². The standard InChI is InChI=1S/C16H29NO4/c1-2-3-4-5-6-7-8-9-10-11-12-13-14-15(16(18)19)17(20)21/h14H,2-13H2,1H3,(H,18,19)/b15-14-. The SMILES string of the molecule is CCCCCCCCCCCCC/C=C(/C(=O)O)[N+](=O)[O-]. The summed E-state index contributed by atoms with van der Waals surface area (Å²) in [5, 5.41) is 19.0. The van der Waals surface area contributed by atoms with Crippen molar-refractivity contribution in [2.75, 3.05) is 0 Å². The number of carbonyl (C=O) groups is 1.